The van der Waals surface area contributed by atoms with Crippen LogP contribution in [0.25, 0.3) is 0 Å². The van der Waals surface area contributed by atoms with E-state index in [1.54, 1.807) is 0 Å². The van der Waals surface area contributed by atoms with Crippen LogP contribution < -0.4 is 5.32 Å². The monoisotopic (exact) mass is 321 g/mol. The SMILES string of the molecule is CCCCCCCC/C=C\CCCCCCCC[N+]1=CNCC1. The Hall–Kier alpha value is -0.790. The first-order valence-electron chi connectivity index (χ1n) is 10.4. The Morgan fingerprint density at radius 1 is 0.783 bits per heavy atom. The van der Waals surface area contributed by atoms with Crippen LogP contribution in [-0.4, -0.2) is 30.5 Å². The van der Waals surface area contributed by atoms with E-state index in [4.69, 9.17) is 0 Å². The van der Waals surface area contributed by atoms with E-state index >= 15 is 0 Å². The smallest absolute Gasteiger partial charge is 0.232 e. The highest BCUT2D eigenvalue weighted by atomic mass is 15.1. The fourth-order valence-corrected chi connectivity index (χ4v) is 3.21. The molecule has 134 valence electrons. The average Bonchev–Trinajstić information content (AvgIpc) is 3.08. The standard InChI is InChI=1S/C21H40N2/c1-2-3-4-5-6-7-8-9-10-11-12-13-14-15-16-17-19-23-20-18-22-21-23/h9-10,21H,2-8,11-20H2,1H3/p+1/b10-9-. The van der Waals surface area contributed by atoms with Crippen molar-refractivity contribution in [2.75, 3.05) is 19.6 Å². The Bertz CT molecular complexity index is 307. The molecule has 0 saturated heterocycles. The van der Waals surface area contributed by atoms with E-state index in [-0.39, 0.29) is 0 Å². The summed E-state index contributed by atoms with van der Waals surface area (Å²) in [5.41, 5.74) is 0. The number of nitrogens with one attached hydrogen (secondary N) is 1. The van der Waals surface area contributed by atoms with Crippen LogP contribution in [-0.2, 0) is 0 Å². The molecule has 0 unspecified atom stereocenters. The zero-order valence-corrected chi connectivity index (χ0v) is 15.7. The van der Waals surface area contributed by atoms with Crippen molar-refractivity contribution < 1.29 is 4.58 Å². The van der Waals surface area contributed by atoms with E-state index in [2.05, 4.69) is 35.3 Å². The van der Waals surface area contributed by atoms with Gasteiger partial charge in [0.2, 0.25) is 6.34 Å². The highest BCUT2D eigenvalue weighted by molar-refractivity contribution is 5.49. The van der Waals surface area contributed by atoms with Crippen molar-refractivity contribution in [2.45, 2.75) is 96.8 Å². The zero-order valence-electron chi connectivity index (χ0n) is 15.7. The van der Waals surface area contributed by atoms with Gasteiger partial charge in [0.1, 0.15) is 13.1 Å². The summed E-state index contributed by atoms with van der Waals surface area (Å²) in [5.74, 6) is 0. The van der Waals surface area contributed by atoms with Crippen LogP contribution in [0.15, 0.2) is 12.2 Å². The van der Waals surface area contributed by atoms with Crippen LogP contribution in [0.1, 0.15) is 96.8 Å². The molecule has 0 amide bonds. The molecule has 0 saturated carbocycles. The lowest BCUT2D eigenvalue weighted by Crippen LogP contribution is -2.11. The van der Waals surface area contributed by atoms with Crippen LogP contribution in [0.2, 0.25) is 0 Å². The summed E-state index contributed by atoms with van der Waals surface area (Å²) in [6.07, 6.45) is 26.5. The predicted octanol–water partition coefficient (Wildman–Crippen LogP) is 5.67. The number of hydrogen-bond donors (Lipinski definition) is 1. The molecule has 0 bridgehead atoms. The van der Waals surface area contributed by atoms with Crippen LogP contribution in [0.5, 0.6) is 0 Å². The second kappa shape index (κ2) is 16.1. The van der Waals surface area contributed by atoms with Crippen LogP contribution in [0.3, 0.4) is 0 Å². The molecule has 2 heteroatoms. The summed E-state index contributed by atoms with van der Waals surface area (Å²) in [6.45, 7) is 5.86. The predicted molar refractivity (Wildman–Crippen MR) is 104 cm³/mol. The molecule has 0 aromatic rings. The van der Waals surface area contributed by atoms with E-state index in [0.717, 1.165) is 6.54 Å². The molecular formula is C21H41N2+. The molecule has 1 heterocycles. The zero-order chi connectivity index (χ0) is 16.4. The third kappa shape index (κ3) is 13.4. The van der Waals surface area contributed by atoms with Gasteiger partial charge in [-0.3, -0.25) is 9.89 Å². The van der Waals surface area contributed by atoms with Gasteiger partial charge in [0.05, 0.1) is 6.54 Å². The number of rotatable bonds is 16. The molecular weight excluding hydrogens is 280 g/mol. The maximum absolute atomic E-state index is 3.27. The third-order valence-electron chi connectivity index (χ3n) is 4.77. The summed E-state index contributed by atoms with van der Waals surface area (Å²) in [4.78, 5) is 0. The first kappa shape index (κ1) is 20.3. The molecule has 0 aromatic carbocycles. The van der Waals surface area contributed by atoms with Gasteiger partial charge >= 0.3 is 0 Å². The highest BCUT2D eigenvalue weighted by Crippen LogP contribution is 2.10. The Kier molecular flexibility index (Phi) is 14.2. The van der Waals surface area contributed by atoms with Gasteiger partial charge in [0.15, 0.2) is 0 Å². The van der Waals surface area contributed by atoms with Gasteiger partial charge in [-0.05, 0) is 38.5 Å². The molecule has 1 aliphatic heterocycles. The fourth-order valence-electron chi connectivity index (χ4n) is 3.21. The van der Waals surface area contributed by atoms with Crippen molar-refractivity contribution in [2.24, 2.45) is 0 Å². The van der Waals surface area contributed by atoms with Gasteiger partial charge < -0.3 is 0 Å². The molecule has 1 N–H and O–H groups in total. The average molecular weight is 322 g/mol. The van der Waals surface area contributed by atoms with Crippen LogP contribution in [0, 0.1) is 0 Å². The largest absolute Gasteiger partial charge is 0.277 e. The molecule has 2 nitrogen and oxygen atoms in total. The molecule has 23 heavy (non-hydrogen) atoms. The lowest BCUT2D eigenvalue weighted by molar-refractivity contribution is -0.514. The lowest BCUT2D eigenvalue weighted by atomic mass is 10.1. The van der Waals surface area contributed by atoms with Crippen molar-refractivity contribution in [3.63, 3.8) is 0 Å². The molecule has 0 atom stereocenters. The second-order valence-electron chi connectivity index (χ2n) is 7.06. The molecule has 1 rings (SSSR count). The maximum atomic E-state index is 3.27. The first-order chi connectivity index (χ1) is 11.4. The van der Waals surface area contributed by atoms with E-state index < -0.39 is 0 Å². The van der Waals surface area contributed by atoms with Gasteiger partial charge in [-0.25, -0.2) is 0 Å². The van der Waals surface area contributed by atoms with Gasteiger partial charge in [-0.1, -0.05) is 70.4 Å². The Morgan fingerprint density at radius 3 is 1.91 bits per heavy atom. The highest BCUT2D eigenvalue weighted by Gasteiger charge is 2.06. The molecule has 1 aliphatic rings. The van der Waals surface area contributed by atoms with E-state index in [1.807, 2.05) is 0 Å². The van der Waals surface area contributed by atoms with Crippen molar-refractivity contribution in [1.29, 1.82) is 0 Å². The minimum Gasteiger partial charge on any atom is -0.277 e. The summed E-state index contributed by atoms with van der Waals surface area (Å²) in [6, 6.07) is 0. The van der Waals surface area contributed by atoms with Gasteiger partial charge in [-0.15, -0.1) is 0 Å². The second-order valence-corrected chi connectivity index (χ2v) is 7.06. The van der Waals surface area contributed by atoms with Crippen molar-refractivity contribution in [3.8, 4) is 0 Å². The summed E-state index contributed by atoms with van der Waals surface area (Å²) in [5, 5.41) is 3.27. The Morgan fingerprint density at radius 2 is 1.35 bits per heavy atom. The van der Waals surface area contributed by atoms with E-state index in [0.29, 0.717) is 0 Å². The maximum Gasteiger partial charge on any atom is 0.232 e. The number of unbranched alkanes of at least 4 members (excludes halogenated alkanes) is 12. The van der Waals surface area contributed by atoms with Crippen LogP contribution >= 0.6 is 0 Å². The number of allylic oxidation sites excluding steroid dienone is 2. The topological polar surface area (TPSA) is 15.0 Å². The van der Waals surface area contributed by atoms with Gasteiger partial charge in [0.25, 0.3) is 0 Å². The third-order valence-corrected chi connectivity index (χ3v) is 4.77. The minimum absolute atomic E-state index is 1.13. The van der Waals surface area contributed by atoms with Crippen molar-refractivity contribution in [1.82, 2.24) is 5.32 Å². The molecule has 0 radical (unpaired) electrons. The Balaban J connectivity index is 1.71. The normalized spacial score (nSPS) is 14.4. The first-order valence-corrected chi connectivity index (χ1v) is 10.4. The van der Waals surface area contributed by atoms with Crippen LogP contribution in [0.4, 0.5) is 0 Å². The molecule has 0 spiro atoms. The number of nitrogens with zero attached hydrogens (tertiary/aromatic N) is 1. The lowest BCUT2D eigenvalue weighted by Gasteiger charge is -2.01. The summed E-state index contributed by atoms with van der Waals surface area (Å²) in [7, 11) is 0. The van der Waals surface area contributed by atoms with Gasteiger partial charge in [0, 0.05) is 0 Å². The molecule has 0 aromatic heterocycles. The number of hydrogen-bond acceptors (Lipinski definition) is 1. The fraction of sp³-hybridized carbons (Fsp3) is 0.857. The van der Waals surface area contributed by atoms with Crippen molar-refractivity contribution >= 4 is 6.34 Å². The molecule has 0 aliphatic carbocycles. The van der Waals surface area contributed by atoms with E-state index in [9.17, 15) is 0 Å². The molecule has 0 fully saturated rings. The van der Waals surface area contributed by atoms with Gasteiger partial charge in [-0.2, -0.15) is 0 Å². The van der Waals surface area contributed by atoms with Crippen molar-refractivity contribution in [3.05, 3.63) is 12.2 Å². The Labute approximate surface area is 145 Å². The van der Waals surface area contributed by atoms with E-state index in [1.165, 1.54) is 103 Å². The quantitative estimate of drug-likeness (QED) is 0.220. The summed E-state index contributed by atoms with van der Waals surface area (Å²) >= 11 is 0. The summed E-state index contributed by atoms with van der Waals surface area (Å²) < 4.78 is 2.41. The minimum atomic E-state index is 1.13.